The lowest BCUT2D eigenvalue weighted by Crippen LogP contribution is -2.61. The minimum absolute atomic E-state index is 0.223. The zero-order valence-electron chi connectivity index (χ0n) is 37.1. The third-order valence-corrected chi connectivity index (χ3v) is 14.8. The summed E-state index contributed by atoms with van der Waals surface area (Å²) in [5, 5.41) is 11.1. The molecule has 4 fully saturated rings. The van der Waals surface area contributed by atoms with Gasteiger partial charge in [-0.3, -0.25) is 24.1 Å². The quantitative estimate of drug-likeness (QED) is 0.102. The van der Waals surface area contributed by atoms with E-state index in [0.717, 1.165) is 9.80 Å². The fraction of sp³-hybridized carbons (Fsp3) is 0.145. The van der Waals surface area contributed by atoms with Gasteiger partial charge in [-0.2, -0.15) is 10.2 Å². The zero-order chi connectivity index (χ0) is 48.0. The first-order valence-corrected chi connectivity index (χ1v) is 23.4. The molecular formula is C55H39Cl2N7O6. The number of carbonyl (C=O) groups excluding carboxylic acids is 5. The van der Waals surface area contributed by atoms with Gasteiger partial charge in [0.25, 0.3) is 0 Å². The summed E-state index contributed by atoms with van der Waals surface area (Å²) in [7, 11) is 1.20. The molecule has 4 aliphatic heterocycles. The molecule has 8 aromatic rings. The Bertz CT molecular complexity index is 3170. The zero-order valence-corrected chi connectivity index (χ0v) is 38.6. The van der Waals surface area contributed by atoms with Gasteiger partial charge < -0.3 is 4.74 Å². The van der Waals surface area contributed by atoms with Crippen LogP contribution in [0.5, 0.6) is 0 Å². The molecule has 13 nitrogen and oxygen atoms in total. The largest absolute Gasteiger partial charge is 0.468 e. The van der Waals surface area contributed by atoms with E-state index >= 15 is 24.0 Å². The Kier molecular flexibility index (Phi) is 10.3. The number of fused-ring (bicyclic) bond motifs is 5. The maximum atomic E-state index is 15.9. The van der Waals surface area contributed by atoms with Crippen molar-refractivity contribution in [3.63, 3.8) is 0 Å². The van der Waals surface area contributed by atoms with Crippen molar-refractivity contribution in [2.75, 3.05) is 16.9 Å². The number of amides is 4. The normalized spacial score (nSPS) is 22.4. The molecule has 15 heteroatoms. The highest BCUT2D eigenvalue weighted by atomic mass is 35.5. The van der Waals surface area contributed by atoms with Gasteiger partial charge in [0.15, 0.2) is 0 Å². The number of benzene rings is 6. The number of methoxy groups -OCH3 is 1. The summed E-state index contributed by atoms with van der Waals surface area (Å²) in [4.78, 5) is 83.1. The van der Waals surface area contributed by atoms with Crippen molar-refractivity contribution < 1.29 is 28.7 Å². The van der Waals surface area contributed by atoms with Crippen LogP contribution in [-0.4, -0.2) is 66.7 Å². The summed E-state index contributed by atoms with van der Waals surface area (Å²) >= 11 is 12.7. The number of halogens is 2. The van der Waals surface area contributed by atoms with E-state index < -0.39 is 70.9 Å². The number of nitrogens with zero attached hydrogens (tertiary/aromatic N) is 7. The van der Waals surface area contributed by atoms with Crippen molar-refractivity contribution in [2.24, 2.45) is 23.7 Å². The van der Waals surface area contributed by atoms with Crippen molar-refractivity contribution in [1.29, 1.82) is 0 Å². The predicted octanol–water partition coefficient (Wildman–Crippen LogP) is 9.33. The van der Waals surface area contributed by atoms with E-state index in [1.54, 1.807) is 62.8 Å². The number of hydrogen-bond acceptors (Lipinski definition) is 9. The summed E-state index contributed by atoms with van der Waals surface area (Å²) < 4.78 is 9.27. The molecule has 0 unspecified atom stereocenters. The summed E-state index contributed by atoms with van der Waals surface area (Å²) in [5.74, 6) is -9.46. The van der Waals surface area contributed by atoms with Crippen LogP contribution in [0.15, 0.2) is 182 Å². The molecule has 0 N–H and O–H groups in total. The molecule has 4 saturated heterocycles. The Morgan fingerprint density at radius 1 is 0.486 bits per heavy atom. The van der Waals surface area contributed by atoms with Crippen molar-refractivity contribution in [3.05, 3.63) is 203 Å². The van der Waals surface area contributed by atoms with Gasteiger partial charge in [0.1, 0.15) is 5.54 Å². The van der Waals surface area contributed by atoms with Crippen LogP contribution < -0.4 is 9.80 Å². The average Bonchev–Trinajstić information content (AvgIpc) is 4.24. The van der Waals surface area contributed by atoms with Crippen LogP contribution in [0.2, 0.25) is 10.0 Å². The van der Waals surface area contributed by atoms with Gasteiger partial charge >= 0.3 is 5.97 Å². The molecule has 6 atom stereocenters. The first kappa shape index (κ1) is 43.3. The second-order valence-electron chi connectivity index (χ2n) is 17.8. The third kappa shape index (κ3) is 6.31. The first-order chi connectivity index (χ1) is 34.1. The third-order valence-electron chi connectivity index (χ3n) is 14.3. The van der Waals surface area contributed by atoms with Gasteiger partial charge in [0.05, 0.1) is 77.0 Å². The summed E-state index contributed by atoms with van der Waals surface area (Å²) in [6.45, 7) is 0. The molecule has 12 rings (SSSR count). The monoisotopic (exact) mass is 963 g/mol. The van der Waals surface area contributed by atoms with E-state index in [0.29, 0.717) is 55.1 Å². The van der Waals surface area contributed by atoms with Crippen LogP contribution in [-0.2, 0) is 28.7 Å². The van der Waals surface area contributed by atoms with Crippen molar-refractivity contribution in [3.8, 4) is 33.9 Å². The minimum atomic E-state index is -2.28. The Morgan fingerprint density at radius 2 is 0.843 bits per heavy atom. The van der Waals surface area contributed by atoms with Crippen LogP contribution in [0, 0.1) is 23.7 Å². The standard InChI is InChI=1S/C55H39Cl2N7O6/c1-70-54(69)55-44-42(50(65)62(52(44)67)38-26-22-34(56)23-27-38)48(40-30-60(36-18-10-4-11-19-36)58-46(40)32-14-6-2-7-15-32)64(55)49(43-45(55)53(68)63(51(43)66)39-28-24-35(57)25-29-39)41-31-61(37-20-12-5-13-21-37)59-47(41)33-16-8-3-9-17-33/h2-31,42-45,48-49H,1H3/t42-,43-,44-,45-,48-,49-/m0/s1. The molecule has 0 bridgehead atoms. The van der Waals surface area contributed by atoms with E-state index in [1.165, 1.54) is 7.11 Å². The number of anilines is 2. The molecule has 6 aromatic carbocycles. The molecule has 0 saturated carbocycles. The highest BCUT2D eigenvalue weighted by molar-refractivity contribution is 6.32. The molecule has 4 aliphatic rings. The maximum absolute atomic E-state index is 15.9. The number of esters is 1. The van der Waals surface area contributed by atoms with Crippen LogP contribution in [0.4, 0.5) is 11.4 Å². The van der Waals surface area contributed by atoms with Gasteiger partial charge in [0, 0.05) is 44.7 Å². The average molecular weight is 965 g/mol. The number of imide groups is 2. The van der Waals surface area contributed by atoms with Gasteiger partial charge in [-0.1, -0.05) is 120 Å². The van der Waals surface area contributed by atoms with Crippen LogP contribution in [0.25, 0.3) is 33.9 Å². The number of para-hydroxylation sites is 2. The number of ether oxygens (including phenoxy) is 1. The van der Waals surface area contributed by atoms with E-state index in [1.807, 2.05) is 134 Å². The van der Waals surface area contributed by atoms with Crippen LogP contribution in [0.1, 0.15) is 23.2 Å². The number of hydrogen-bond donors (Lipinski definition) is 0. The fourth-order valence-electron chi connectivity index (χ4n) is 11.6. The second kappa shape index (κ2) is 16.6. The second-order valence-corrected chi connectivity index (χ2v) is 18.6. The van der Waals surface area contributed by atoms with Gasteiger partial charge in [-0.25, -0.2) is 24.0 Å². The van der Waals surface area contributed by atoms with E-state index in [-0.39, 0.29) is 11.4 Å². The highest BCUT2D eigenvalue weighted by Gasteiger charge is 2.84. The lowest BCUT2D eigenvalue weighted by molar-refractivity contribution is -0.162. The molecule has 6 heterocycles. The van der Waals surface area contributed by atoms with Gasteiger partial charge in [-0.05, 0) is 72.8 Å². The van der Waals surface area contributed by atoms with Crippen molar-refractivity contribution >= 4 is 64.2 Å². The Morgan fingerprint density at radius 3 is 1.20 bits per heavy atom. The van der Waals surface area contributed by atoms with E-state index in [9.17, 15) is 0 Å². The molecule has 0 radical (unpaired) electrons. The Hall–Kier alpha value is -7.97. The molecule has 0 aliphatic carbocycles. The lowest BCUT2D eigenvalue weighted by atomic mass is 9.69. The molecule has 344 valence electrons. The van der Waals surface area contributed by atoms with Crippen LogP contribution in [0.3, 0.4) is 0 Å². The number of aromatic nitrogens is 4. The summed E-state index contributed by atoms with van der Waals surface area (Å²) in [6, 6.07) is 47.9. The van der Waals surface area contributed by atoms with Crippen molar-refractivity contribution in [2.45, 2.75) is 17.6 Å². The number of rotatable bonds is 9. The minimum Gasteiger partial charge on any atom is -0.468 e. The first-order valence-electron chi connectivity index (χ1n) is 22.7. The summed E-state index contributed by atoms with van der Waals surface area (Å²) in [6.07, 6.45) is 3.63. The summed E-state index contributed by atoms with van der Waals surface area (Å²) in [5.41, 5.74) is 2.80. The molecule has 0 spiro atoms. The lowest BCUT2D eigenvalue weighted by Gasteiger charge is -2.41. The Balaban J connectivity index is 1.20. The van der Waals surface area contributed by atoms with Crippen LogP contribution >= 0.6 is 23.2 Å². The molecule has 70 heavy (non-hydrogen) atoms. The highest BCUT2D eigenvalue weighted by Crippen LogP contribution is 2.70. The SMILES string of the molecule is COC(=O)C12[C@@H]3C(=O)N(c4ccc(Cl)cc4)C(=O)[C@@H]3[C@H](c3cn(-c4ccccc4)nc3-c3ccccc3)N1[C@@H](c1cn(-c3ccccc3)nc1-c1ccccc1)[C@H]1C(=O)N(c3ccc(Cl)cc3)C(=O)[C@H]12. The van der Waals surface area contributed by atoms with E-state index in [4.69, 9.17) is 38.1 Å². The smallest absolute Gasteiger partial charge is 0.328 e. The topological polar surface area (TPSA) is 140 Å². The van der Waals surface area contributed by atoms with Gasteiger partial charge in [0.2, 0.25) is 23.6 Å². The molecule has 4 amide bonds. The van der Waals surface area contributed by atoms with E-state index in [2.05, 4.69) is 0 Å². The maximum Gasteiger partial charge on any atom is 0.328 e. The Labute approximate surface area is 411 Å². The molecular weight excluding hydrogens is 926 g/mol. The predicted molar refractivity (Wildman–Crippen MR) is 262 cm³/mol. The fourth-order valence-corrected chi connectivity index (χ4v) is 11.9. The number of carbonyl (C=O) groups is 5. The van der Waals surface area contributed by atoms with Gasteiger partial charge in [-0.15, -0.1) is 0 Å². The molecule has 2 aromatic heterocycles. The van der Waals surface area contributed by atoms with Crippen molar-refractivity contribution in [1.82, 2.24) is 24.5 Å².